The highest BCUT2D eigenvalue weighted by molar-refractivity contribution is 14.1. The van der Waals surface area contributed by atoms with Crippen molar-refractivity contribution in [2.24, 2.45) is 0 Å². The van der Waals surface area contributed by atoms with Crippen LogP contribution < -0.4 is 5.32 Å². The number of halogens is 1. The molecule has 102 valence electrons. The van der Waals surface area contributed by atoms with Crippen molar-refractivity contribution in [3.8, 4) is 0 Å². The number of aromatic carboxylic acids is 1. The Bertz CT molecular complexity index is 530. The Balaban J connectivity index is 2.85. The summed E-state index contributed by atoms with van der Waals surface area (Å²) in [5.41, 5.74) is 0.237. The van der Waals surface area contributed by atoms with Gasteiger partial charge in [0.15, 0.2) is 0 Å². The third kappa shape index (κ3) is 4.51. The number of amides is 2. The Morgan fingerprint density at radius 2 is 2.00 bits per heavy atom. The van der Waals surface area contributed by atoms with Crippen LogP contribution >= 0.6 is 22.6 Å². The molecule has 0 saturated carbocycles. The fraction of sp³-hybridized carbons (Fsp3) is 0.250. The van der Waals surface area contributed by atoms with Gasteiger partial charge in [-0.3, -0.25) is 9.59 Å². The Morgan fingerprint density at radius 3 is 2.53 bits per heavy atom. The maximum absolute atomic E-state index is 11.7. The molecule has 0 spiro atoms. The molecule has 0 fully saturated rings. The molecular formula is C12H13IN2O4. The van der Waals surface area contributed by atoms with Crippen LogP contribution in [-0.4, -0.2) is 41.4 Å². The first-order valence-electron chi connectivity index (χ1n) is 5.35. The van der Waals surface area contributed by atoms with Crippen molar-refractivity contribution in [3.63, 3.8) is 0 Å². The summed E-state index contributed by atoms with van der Waals surface area (Å²) in [4.78, 5) is 35.0. The highest BCUT2D eigenvalue weighted by Crippen LogP contribution is 2.18. The Kier molecular flexibility index (Phi) is 5.28. The zero-order chi connectivity index (χ0) is 14.6. The monoisotopic (exact) mass is 376 g/mol. The second-order valence-electron chi connectivity index (χ2n) is 3.92. The van der Waals surface area contributed by atoms with Gasteiger partial charge in [-0.05, 0) is 40.8 Å². The zero-order valence-corrected chi connectivity index (χ0v) is 12.6. The molecule has 2 N–H and O–H groups in total. The van der Waals surface area contributed by atoms with Crippen LogP contribution in [0.15, 0.2) is 18.2 Å². The van der Waals surface area contributed by atoms with E-state index in [0.29, 0.717) is 0 Å². The molecule has 0 unspecified atom stereocenters. The second-order valence-corrected chi connectivity index (χ2v) is 5.16. The van der Waals surface area contributed by atoms with Gasteiger partial charge in [0, 0.05) is 17.5 Å². The Hall–Kier alpha value is -1.64. The highest BCUT2D eigenvalue weighted by atomic mass is 127. The number of likely N-dealkylation sites (N-methyl/N-ethyl adjacent to an activating group) is 1. The van der Waals surface area contributed by atoms with Crippen molar-refractivity contribution in [1.29, 1.82) is 0 Å². The van der Waals surface area contributed by atoms with Gasteiger partial charge in [-0.1, -0.05) is 0 Å². The number of benzene rings is 1. The molecule has 2 amide bonds. The Labute approximate surface area is 123 Å². The number of hydrogen-bond acceptors (Lipinski definition) is 3. The third-order valence-corrected chi connectivity index (χ3v) is 3.08. The smallest absolute Gasteiger partial charge is 0.337 e. The summed E-state index contributed by atoms with van der Waals surface area (Å²) in [7, 11) is 1.49. The van der Waals surface area contributed by atoms with Crippen LogP contribution in [0, 0.1) is 3.57 Å². The second kappa shape index (κ2) is 6.50. The van der Waals surface area contributed by atoms with Crippen LogP contribution in [0.3, 0.4) is 0 Å². The number of carboxylic acid groups (broad SMARTS) is 1. The third-order valence-electron chi connectivity index (χ3n) is 2.40. The summed E-state index contributed by atoms with van der Waals surface area (Å²) in [6.07, 6.45) is 0. The minimum Gasteiger partial charge on any atom is -0.478 e. The molecule has 6 nitrogen and oxygen atoms in total. The van der Waals surface area contributed by atoms with E-state index >= 15 is 0 Å². The molecule has 1 aromatic rings. The molecule has 0 aliphatic heterocycles. The minimum atomic E-state index is -1.12. The summed E-state index contributed by atoms with van der Waals surface area (Å²) in [6, 6.07) is 4.68. The van der Waals surface area contributed by atoms with Crippen molar-refractivity contribution in [3.05, 3.63) is 27.3 Å². The summed E-state index contributed by atoms with van der Waals surface area (Å²) in [5, 5.41) is 11.5. The average molecular weight is 376 g/mol. The van der Waals surface area contributed by atoms with E-state index in [1.807, 2.05) is 22.6 Å². The number of nitrogens with zero attached hydrogens (tertiary/aromatic N) is 1. The van der Waals surface area contributed by atoms with Crippen LogP contribution in [0.25, 0.3) is 0 Å². The average Bonchev–Trinajstić information content (AvgIpc) is 2.30. The number of rotatable bonds is 4. The summed E-state index contributed by atoms with van der Waals surface area (Å²) in [5.74, 6) is -1.80. The molecule has 0 heterocycles. The number of nitrogens with one attached hydrogen (secondary N) is 1. The molecule has 0 radical (unpaired) electrons. The van der Waals surface area contributed by atoms with E-state index in [0.717, 1.165) is 3.57 Å². The fourth-order valence-electron chi connectivity index (χ4n) is 1.32. The lowest BCUT2D eigenvalue weighted by molar-refractivity contribution is -0.131. The van der Waals surface area contributed by atoms with E-state index in [4.69, 9.17) is 5.11 Å². The van der Waals surface area contributed by atoms with Gasteiger partial charge in [-0.15, -0.1) is 0 Å². The van der Waals surface area contributed by atoms with E-state index < -0.39 is 11.9 Å². The topological polar surface area (TPSA) is 86.7 Å². The SMILES string of the molecule is CC(=O)N(C)CC(=O)Nc1ccc(I)cc1C(=O)O. The van der Waals surface area contributed by atoms with Crippen LogP contribution in [-0.2, 0) is 9.59 Å². The molecule has 0 aromatic heterocycles. The molecule has 1 rings (SSSR count). The van der Waals surface area contributed by atoms with Crippen molar-refractivity contribution < 1.29 is 19.5 Å². The first-order chi connectivity index (χ1) is 8.81. The minimum absolute atomic E-state index is 0.0192. The van der Waals surface area contributed by atoms with Crippen molar-refractivity contribution in [2.45, 2.75) is 6.92 Å². The normalized spacial score (nSPS) is 9.84. The number of hydrogen-bond donors (Lipinski definition) is 2. The standard InChI is InChI=1S/C12H13IN2O4/c1-7(16)15(2)6-11(17)14-10-4-3-8(13)5-9(10)12(18)19/h3-5H,6H2,1-2H3,(H,14,17)(H,18,19). The van der Waals surface area contributed by atoms with E-state index in [1.165, 1.54) is 31.0 Å². The maximum atomic E-state index is 11.7. The molecular weight excluding hydrogens is 363 g/mol. The van der Waals surface area contributed by atoms with Gasteiger partial charge in [-0.2, -0.15) is 0 Å². The fourth-order valence-corrected chi connectivity index (χ4v) is 1.81. The van der Waals surface area contributed by atoms with E-state index in [-0.39, 0.29) is 23.7 Å². The molecule has 0 aliphatic carbocycles. The molecule has 0 bridgehead atoms. The first-order valence-corrected chi connectivity index (χ1v) is 6.43. The lowest BCUT2D eigenvalue weighted by Gasteiger charge is -2.15. The summed E-state index contributed by atoms with van der Waals surface area (Å²) in [6.45, 7) is 1.22. The first kappa shape index (κ1) is 15.4. The van der Waals surface area contributed by atoms with Gasteiger partial charge in [0.1, 0.15) is 0 Å². The maximum Gasteiger partial charge on any atom is 0.337 e. The van der Waals surface area contributed by atoms with Gasteiger partial charge in [0.05, 0.1) is 17.8 Å². The van der Waals surface area contributed by atoms with Crippen LogP contribution in [0.1, 0.15) is 17.3 Å². The van der Waals surface area contributed by atoms with Gasteiger partial charge in [0.25, 0.3) is 0 Å². The van der Waals surface area contributed by atoms with Crippen LogP contribution in [0.4, 0.5) is 5.69 Å². The highest BCUT2D eigenvalue weighted by Gasteiger charge is 2.14. The lowest BCUT2D eigenvalue weighted by Crippen LogP contribution is -2.33. The van der Waals surface area contributed by atoms with Crippen LogP contribution in [0.2, 0.25) is 0 Å². The zero-order valence-electron chi connectivity index (χ0n) is 10.4. The summed E-state index contributed by atoms with van der Waals surface area (Å²) < 4.78 is 0.758. The van der Waals surface area contributed by atoms with E-state index in [2.05, 4.69) is 5.32 Å². The van der Waals surface area contributed by atoms with Gasteiger partial charge in [0.2, 0.25) is 11.8 Å². The molecule has 19 heavy (non-hydrogen) atoms. The number of carbonyl (C=O) groups is 3. The largest absolute Gasteiger partial charge is 0.478 e. The lowest BCUT2D eigenvalue weighted by atomic mass is 10.2. The van der Waals surface area contributed by atoms with Crippen molar-refractivity contribution in [2.75, 3.05) is 18.9 Å². The number of carboxylic acids is 1. The molecule has 7 heteroatoms. The van der Waals surface area contributed by atoms with E-state index in [9.17, 15) is 14.4 Å². The predicted molar refractivity (Wildman–Crippen MR) is 78.1 cm³/mol. The number of anilines is 1. The molecule has 0 aliphatic rings. The van der Waals surface area contributed by atoms with Gasteiger partial charge >= 0.3 is 5.97 Å². The molecule has 0 atom stereocenters. The molecule has 1 aromatic carbocycles. The van der Waals surface area contributed by atoms with E-state index in [1.54, 1.807) is 6.07 Å². The molecule has 0 saturated heterocycles. The summed E-state index contributed by atoms with van der Waals surface area (Å²) >= 11 is 1.99. The van der Waals surface area contributed by atoms with Gasteiger partial charge in [-0.25, -0.2) is 4.79 Å². The Morgan fingerprint density at radius 1 is 1.37 bits per heavy atom. The number of carbonyl (C=O) groups excluding carboxylic acids is 2. The van der Waals surface area contributed by atoms with Crippen LogP contribution in [0.5, 0.6) is 0 Å². The quantitative estimate of drug-likeness (QED) is 0.778. The predicted octanol–water partition coefficient (Wildman–Crippen LogP) is 1.41. The van der Waals surface area contributed by atoms with Crippen molar-refractivity contribution >= 4 is 46.1 Å². The van der Waals surface area contributed by atoms with Gasteiger partial charge < -0.3 is 15.3 Å². The van der Waals surface area contributed by atoms with Crippen molar-refractivity contribution in [1.82, 2.24) is 4.90 Å².